The number of rotatable bonds is 19. The first kappa shape index (κ1) is 54.1. The van der Waals surface area contributed by atoms with Crippen molar-refractivity contribution in [2.45, 2.75) is 82.3 Å². The molecule has 1 amide bonds. The van der Waals surface area contributed by atoms with Crippen LogP contribution in [0.5, 0.6) is 0 Å². The minimum atomic E-state index is -1.48. The molecule has 0 spiro atoms. The Morgan fingerprint density at radius 3 is 1.33 bits per heavy atom. The van der Waals surface area contributed by atoms with Gasteiger partial charge in [0.05, 0.1) is 51.8 Å². The van der Waals surface area contributed by atoms with Gasteiger partial charge in [-0.3, -0.25) is 4.79 Å². The number of ether oxygens (including phenoxy) is 6. The first-order valence-corrected chi connectivity index (χ1v) is 22.4. The van der Waals surface area contributed by atoms with Crippen LogP contribution < -0.4 is 5.32 Å². The Balaban J connectivity index is -0.000000164. The number of aliphatic hydroxyl groups excluding tert-OH is 2. The van der Waals surface area contributed by atoms with Gasteiger partial charge in [0.2, 0.25) is 0 Å². The third-order valence-electron chi connectivity index (χ3n) is 9.88. The minimum absolute atomic E-state index is 0. The van der Waals surface area contributed by atoms with Gasteiger partial charge in [-0.05, 0) is 124 Å². The molecule has 0 aliphatic carbocycles. The average Bonchev–Trinajstić information content (AvgIpc) is 3.41. The molecule has 5 unspecified atom stereocenters. The zero-order valence-corrected chi connectivity index (χ0v) is 39.2. The molecule has 72 heavy (non-hydrogen) atoms. The second-order valence-corrected chi connectivity index (χ2v) is 15.1. The summed E-state index contributed by atoms with van der Waals surface area (Å²) in [6.45, 7) is 2.01. The van der Waals surface area contributed by atoms with Gasteiger partial charge in [0, 0.05) is 61.0 Å². The van der Waals surface area contributed by atoms with Crippen LogP contribution >= 0.6 is 0 Å². The number of hydrogen-bond acceptors (Lipinski definition) is 9. The molecule has 1 saturated heterocycles. The monoisotopic (exact) mass is 994 g/mol. The summed E-state index contributed by atoms with van der Waals surface area (Å²) in [5.74, 6) is 50.7. The van der Waals surface area contributed by atoms with Gasteiger partial charge in [-0.25, -0.2) is 0 Å². The molecule has 4 aromatic rings. The topological polar surface area (TPSA) is 125 Å². The maximum absolute atomic E-state index is 13.1. The van der Waals surface area contributed by atoms with Gasteiger partial charge in [0.25, 0.3) is 5.91 Å². The maximum atomic E-state index is 13.1. The molecular weight excluding hydrogens is 903 g/mol. The summed E-state index contributed by atoms with van der Waals surface area (Å²) >= 11 is 0. The molecule has 0 radical (unpaired) electrons. The molecule has 0 saturated carbocycles. The van der Waals surface area contributed by atoms with Crippen molar-refractivity contribution in [1.82, 2.24) is 5.32 Å². The van der Waals surface area contributed by atoms with Gasteiger partial charge in [0.15, 0.2) is 6.29 Å². The van der Waals surface area contributed by atoms with Crippen molar-refractivity contribution in [1.29, 1.82) is 0 Å². The van der Waals surface area contributed by atoms with Crippen molar-refractivity contribution in [3.05, 3.63) is 144 Å². The molecule has 0 bridgehead atoms. The SMILES string of the molecule is C#CC#CC#CC#CC#CC#CC#CC#CC#CC#CC#CC(=O)N[C@@H](COC1OC(COCc2ccccc2)C(OCc2ccccc2)C(OCc2ccccc2)C1OCc1ccccc1)[C@H](O)[C@@H](C)O.[HH].[HH].[HH].[HH].[HH].[HH].[HH].[HH].[HH].[HH].[HH].[HH].[HH].[HH].[HH].[HH].[HH].[HH].[HH].[HH].[HH].[HH]. The van der Waals surface area contributed by atoms with E-state index in [0.717, 1.165) is 22.3 Å². The second kappa shape index (κ2) is 32.9. The van der Waals surface area contributed by atoms with E-state index in [4.69, 9.17) is 34.8 Å². The van der Waals surface area contributed by atoms with Gasteiger partial charge >= 0.3 is 0 Å². The van der Waals surface area contributed by atoms with Crippen molar-refractivity contribution in [3.8, 4) is 131 Å². The molecule has 398 valence electrons. The van der Waals surface area contributed by atoms with Crippen molar-refractivity contribution in [2.75, 3.05) is 13.2 Å². The molecule has 5 rings (SSSR count). The molecule has 3 N–H and O–H groups in total. The average molecular weight is 994 g/mol. The van der Waals surface area contributed by atoms with Gasteiger partial charge in [-0.15, -0.1) is 6.42 Å². The first-order valence-electron chi connectivity index (χ1n) is 22.4. The highest BCUT2D eigenvalue weighted by molar-refractivity contribution is 5.94. The van der Waals surface area contributed by atoms with E-state index in [1.165, 1.54) is 6.92 Å². The normalized spacial score (nSPS) is 16.8. The Labute approximate surface area is 455 Å². The van der Waals surface area contributed by atoms with Crippen LogP contribution in [-0.4, -0.2) is 78.3 Å². The molecular formula is C62H91NO9. The predicted octanol–water partition coefficient (Wildman–Crippen LogP) is 10.0. The molecule has 0 aromatic heterocycles. The predicted molar refractivity (Wildman–Crippen MR) is 318 cm³/mol. The standard InChI is InChI=1S/C62H47NO9.22H2/c1-3-4-5-6-7-8-9-10-11-12-13-14-15-16-17-18-19-20-21-34-43-57(65)63-55(58(66)50(2)64)48-71-62-61(70-47-54-41-32-25-33-42-54)60(69-46-53-39-30-24-31-40-53)59(68-45-52-37-28-23-29-38-52)56(72-62)49-67-44-51-35-26-22-27-36-51;;;;;;;;;;;;;;;;;;;;;;/h1,22-33,35-42,50,55-56,58-62,64,66H,44-49H2,2H3,(H,63,65);22*1H/t50-,55+,56?,58-,59?,60?,61?,62?;;;;;;;;;;;;;;;;;;;;;;/m1....................../s1. The third-order valence-corrected chi connectivity index (χ3v) is 9.88. The molecule has 1 fully saturated rings. The fourth-order valence-electron chi connectivity index (χ4n) is 6.50. The highest BCUT2D eigenvalue weighted by Crippen LogP contribution is 2.32. The van der Waals surface area contributed by atoms with Crippen LogP contribution in [0.2, 0.25) is 0 Å². The number of terminal acetylenes is 1. The first-order chi connectivity index (χ1) is 35.4. The van der Waals surface area contributed by atoms with Crippen molar-refractivity contribution < 1.29 is 74.8 Å². The Morgan fingerprint density at radius 1 is 0.542 bits per heavy atom. The van der Waals surface area contributed by atoms with Crippen LogP contribution in [0.25, 0.3) is 0 Å². The fourth-order valence-corrected chi connectivity index (χ4v) is 6.50. The number of benzene rings is 4. The van der Waals surface area contributed by atoms with E-state index >= 15 is 0 Å². The Kier molecular flexibility index (Phi) is 24.7. The van der Waals surface area contributed by atoms with Crippen molar-refractivity contribution in [2.24, 2.45) is 0 Å². The molecule has 1 aliphatic rings. The Morgan fingerprint density at radius 2 is 0.917 bits per heavy atom. The summed E-state index contributed by atoms with van der Waals surface area (Å²) in [7, 11) is 0. The van der Waals surface area contributed by atoms with E-state index in [2.05, 4.69) is 130 Å². The van der Waals surface area contributed by atoms with Crippen LogP contribution in [0.4, 0.5) is 0 Å². The second-order valence-electron chi connectivity index (χ2n) is 15.1. The number of aliphatic hydroxyl groups is 2. The minimum Gasteiger partial charge on any atom is -0.391 e. The summed E-state index contributed by atoms with van der Waals surface area (Å²) in [5, 5.41) is 24.3. The van der Waals surface area contributed by atoms with Crippen LogP contribution in [0.3, 0.4) is 0 Å². The quantitative estimate of drug-likeness (QED) is 0.0788. The zero-order valence-electron chi connectivity index (χ0n) is 39.2. The number of hydrogen-bond donors (Lipinski definition) is 3. The van der Waals surface area contributed by atoms with E-state index in [-0.39, 0.29) is 64.4 Å². The van der Waals surface area contributed by atoms with E-state index in [0.29, 0.717) is 6.61 Å². The lowest BCUT2D eigenvalue weighted by Gasteiger charge is -2.46. The lowest BCUT2D eigenvalue weighted by atomic mass is 9.97. The van der Waals surface area contributed by atoms with E-state index in [1.807, 2.05) is 121 Å². The van der Waals surface area contributed by atoms with Crippen LogP contribution in [-0.2, 0) is 59.6 Å². The number of carbonyl (C=O) groups excluding carboxylic acids is 1. The van der Waals surface area contributed by atoms with Gasteiger partial charge < -0.3 is 44.0 Å². The summed E-state index contributed by atoms with van der Waals surface area (Å²) in [4.78, 5) is 13.1. The molecule has 1 aliphatic heterocycles. The highest BCUT2D eigenvalue weighted by Gasteiger charge is 2.49. The fraction of sp³-hybridized carbons (Fsp3) is 0.242. The van der Waals surface area contributed by atoms with Crippen molar-refractivity contribution >= 4 is 5.91 Å². The lowest BCUT2D eigenvalue weighted by Crippen LogP contribution is -2.62. The van der Waals surface area contributed by atoms with Gasteiger partial charge in [0.1, 0.15) is 30.5 Å². The molecule has 8 atom stereocenters. The maximum Gasteiger partial charge on any atom is 0.297 e. The Bertz CT molecular complexity index is 3160. The summed E-state index contributed by atoms with van der Waals surface area (Å²) < 4.78 is 39.7. The van der Waals surface area contributed by atoms with Crippen molar-refractivity contribution in [3.63, 3.8) is 0 Å². The Hall–Kier alpha value is -8.81. The van der Waals surface area contributed by atoms with E-state index < -0.39 is 54.9 Å². The smallest absolute Gasteiger partial charge is 0.297 e. The molecule has 10 heteroatoms. The highest BCUT2D eigenvalue weighted by atomic mass is 16.7. The molecule has 4 aromatic carbocycles. The largest absolute Gasteiger partial charge is 0.391 e. The summed E-state index contributed by atoms with van der Waals surface area (Å²) in [5.41, 5.74) is 3.71. The number of nitrogens with one attached hydrogen (secondary N) is 1. The number of carbonyl (C=O) groups is 1. The summed E-state index contributed by atoms with van der Waals surface area (Å²) in [6, 6.07) is 37.7. The summed E-state index contributed by atoms with van der Waals surface area (Å²) in [6.07, 6.45) is -2.15. The zero-order chi connectivity index (χ0) is 50.7. The van der Waals surface area contributed by atoms with Crippen LogP contribution in [0.1, 0.15) is 60.6 Å². The van der Waals surface area contributed by atoms with Gasteiger partial charge in [-0.1, -0.05) is 121 Å². The molecule has 10 nitrogen and oxygen atoms in total. The van der Waals surface area contributed by atoms with Gasteiger partial charge in [-0.2, -0.15) is 0 Å². The third kappa shape index (κ3) is 20.8. The van der Waals surface area contributed by atoms with Crippen LogP contribution in [0.15, 0.2) is 121 Å². The van der Waals surface area contributed by atoms with E-state index in [1.54, 1.807) is 0 Å². The lowest BCUT2D eigenvalue weighted by molar-refractivity contribution is -0.329. The molecule has 1 heterocycles. The van der Waals surface area contributed by atoms with E-state index in [9.17, 15) is 15.0 Å². The number of amides is 1. The van der Waals surface area contributed by atoms with Crippen LogP contribution in [0, 0.1) is 131 Å².